The molecule has 2 aliphatic rings. The van der Waals surface area contributed by atoms with Crippen molar-refractivity contribution in [3.8, 4) is 0 Å². The minimum atomic E-state index is -0.895. The first-order valence-electron chi connectivity index (χ1n) is 15.8. The quantitative estimate of drug-likeness (QED) is 0.133. The molecule has 2 heterocycles. The van der Waals surface area contributed by atoms with Crippen molar-refractivity contribution < 1.29 is 24.0 Å². The van der Waals surface area contributed by atoms with Crippen molar-refractivity contribution in [2.45, 2.75) is 29.5 Å². The lowest BCUT2D eigenvalue weighted by atomic mass is 9.84. The van der Waals surface area contributed by atoms with Crippen LogP contribution in [0.3, 0.4) is 0 Å². The van der Waals surface area contributed by atoms with Crippen LogP contribution in [0.4, 0.5) is 10.5 Å². The van der Waals surface area contributed by atoms with Crippen LogP contribution in [-0.4, -0.2) is 70.5 Å². The fraction of sp³-hybridized carbons (Fsp3) is 0.216. The van der Waals surface area contributed by atoms with Crippen molar-refractivity contribution in [3.05, 3.63) is 138 Å². The molecule has 48 heavy (non-hydrogen) atoms. The van der Waals surface area contributed by atoms with Crippen LogP contribution in [0.15, 0.2) is 115 Å². The lowest BCUT2D eigenvalue weighted by Crippen LogP contribution is -2.68. The van der Waals surface area contributed by atoms with Gasteiger partial charge in [-0.25, -0.2) is 4.79 Å². The Labute approximate surface area is 282 Å². The van der Waals surface area contributed by atoms with Crippen LogP contribution in [0, 0.1) is 0 Å². The molecule has 0 bridgehead atoms. The number of likely N-dealkylation sites (N-methyl/N-ethyl adjacent to an activating group) is 1. The van der Waals surface area contributed by atoms with Gasteiger partial charge in [0.2, 0.25) is 11.8 Å². The third-order valence-corrected chi connectivity index (χ3v) is 10.3. The highest BCUT2D eigenvalue weighted by atomic mass is 32.2. The maximum atomic E-state index is 13.5. The molecule has 3 N–H and O–H groups in total. The smallest absolute Gasteiger partial charge is 0.329 e. The SMILES string of the molecule is CCN1CCN(C(=O)Nc2ccccc2CC(=O)N[C@@H]2C(=O)N[C@@H]2SC(c2ccccc2)(c2ccccc2)c2ccccc2)C(=O)C1=O. The molecule has 0 radical (unpaired) electrons. The van der Waals surface area contributed by atoms with Crippen molar-refractivity contribution in [1.29, 1.82) is 0 Å². The van der Waals surface area contributed by atoms with E-state index in [0.29, 0.717) is 17.8 Å². The van der Waals surface area contributed by atoms with Crippen LogP contribution in [-0.2, 0) is 30.3 Å². The number of hydrogen-bond donors (Lipinski definition) is 3. The molecule has 6 rings (SSSR count). The summed E-state index contributed by atoms with van der Waals surface area (Å²) in [6, 6.07) is 35.4. The Morgan fingerprint density at radius 1 is 0.771 bits per heavy atom. The summed E-state index contributed by atoms with van der Waals surface area (Å²) in [5, 5.41) is 8.14. The lowest BCUT2D eigenvalue weighted by molar-refractivity contribution is -0.153. The summed E-state index contributed by atoms with van der Waals surface area (Å²) in [4.78, 5) is 66.6. The number of anilines is 1. The zero-order chi connectivity index (χ0) is 33.7. The Balaban J connectivity index is 1.20. The Morgan fingerprint density at radius 2 is 1.31 bits per heavy atom. The molecule has 0 saturated carbocycles. The molecule has 244 valence electrons. The molecule has 0 aromatic heterocycles. The molecule has 2 saturated heterocycles. The van der Waals surface area contributed by atoms with Gasteiger partial charge in [-0.3, -0.25) is 24.1 Å². The third kappa shape index (κ3) is 6.41. The molecule has 11 heteroatoms. The van der Waals surface area contributed by atoms with Gasteiger partial charge in [0.05, 0.1) is 11.2 Å². The number of urea groups is 1. The standard InChI is InChI=1S/C37H35N5O5S/c1-2-41-22-23-42(35(46)34(41)45)36(47)38-29-21-13-12-14-25(29)24-30(43)39-31-32(44)40-33(31)48-37(26-15-6-3-7-16-26,27-17-8-4-9-18-27)28-19-10-5-11-20-28/h3-21,31,33H,2,22-24H2,1H3,(H,38,47)(H,39,43)(H,40,44)/t31-,33-/m1/s1. The third-order valence-electron chi connectivity index (χ3n) is 8.58. The van der Waals surface area contributed by atoms with E-state index in [2.05, 4.69) is 52.3 Å². The zero-order valence-electron chi connectivity index (χ0n) is 26.3. The molecular formula is C37H35N5O5S. The summed E-state index contributed by atoms with van der Waals surface area (Å²) in [5.74, 6) is -2.32. The zero-order valence-corrected chi connectivity index (χ0v) is 27.1. The van der Waals surface area contributed by atoms with Crippen molar-refractivity contribution in [3.63, 3.8) is 0 Å². The molecule has 2 aliphatic heterocycles. The molecular weight excluding hydrogens is 627 g/mol. The molecule has 2 fully saturated rings. The van der Waals surface area contributed by atoms with Crippen LogP contribution in [0.25, 0.3) is 0 Å². The maximum Gasteiger partial charge on any atom is 0.329 e. The number of piperazine rings is 1. The van der Waals surface area contributed by atoms with E-state index >= 15 is 0 Å². The van der Waals surface area contributed by atoms with Crippen LogP contribution in [0.1, 0.15) is 29.2 Å². The van der Waals surface area contributed by atoms with E-state index in [1.54, 1.807) is 43.0 Å². The average Bonchev–Trinajstić information content (AvgIpc) is 3.12. The second-order valence-electron chi connectivity index (χ2n) is 11.5. The van der Waals surface area contributed by atoms with Gasteiger partial charge in [0.25, 0.3) is 0 Å². The van der Waals surface area contributed by atoms with Crippen molar-refractivity contribution in [2.24, 2.45) is 0 Å². The molecule has 4 aromatic rings. The molecule has 6 amide bonds. The molecule has 10 nitrogen and oxygen atoms in total. The number of thioether (sulfide) groups is 1. The number of nitrogens with one attached hydrogen (secondary N) is 3. The molecule has 4 aromatic carbocycles. The number of carbonyl (C=O) groups is 5. The average molecular weight is 662 g/mol. The molecule has 0 aliphatic carbocycles. The van der Waals surface area contributed by atoms with E-state index in [9.17, 15) is 24.0 Å². The summed E-state index contributed by atoms with van der Waals surface area (Å²) in [7, 11) is 0. The van der Waals surface area contributed by atoms with E-state index in [4.69, 9.17) is 0 Å². The normalized spacial score (nSPS) is 17.7. The molecule has 0 spiro atoms. The van der Waals surface area contributed by atoms with Crippen LogP contribution >= 0.6 is 11.8 Å². The van der Waals surface area contributed by atoms with Gasteiger partial charge in [0.1, 0.15) is 11.4 Å². The molecule has 2 atom stereocenters. The number of β-lactam (4-membered cyclic amide) rings is 1. The van der Waals surface area contributed by atoms with Gasteiger partial charge in [-0.15, -0.1) is 11.8 Å². The highest BCUT2D eigenvalue weighted by Crippen LogP contribution is 2.51. The number of nitrogens with zero attached hydrogens (tertiary/aromatic N) is 2. The summed E-state index contributed by atoms with van der Waals surface area (Å²) in [6.07, 6.45) is -0.130. The summed E-state index contributed by atoms with van der Waals surface area (Å²) < 4.78 is -0.705. The number of benzene rings is 4. The fourth-order valence-corrected chi connectivity index (χ4v) is 7.75. The van der Waals surface area contributed by atoms with E-state index < -0.39 is 39.9 Å². The second kappa shape index (κ2) is 14.1. The van der Waals surface area contributed by atoms with Gasteiger partial charge >= 0.3 is 17.8 Å². The number of imide groups is 1. The monoisotopic (exact) mass is 661 g/mol. The highest BCUT2D eigenvalue weighted by Gasteiger charge is 2.48. The van der Waals surface area contributed by atoms with Gasteiger partial charge < -0.3 is 20.9 Å². The molecule has 0 unspecified atom stereocenters. The van der Waals surface area contributed by atoms with Crippen molar-refractivity contribution in [2.75, 3.05) is 25.0 Å². The Morgan fingerprint density at radius 3 is 1.85 bits per heavy atom. The van der Waals surface area contributed by atoms with Gasteiger partial charge in [-0.2, -0.15) is 0 Å². The first-order valence-corrected chi connectivity index (χ1v) is 16.6. The summed E-state index contributed by atoms with van der Waals surface area (Å²) in [6.45, 7) is 2.46. The number of hydrogen-bond acceptors (Lipinski definition) is 6. The summed E-state index contributed by atoms with van der Waals surface area (Å²) in [5.41, 5.74) is 3.90. The minimum Gasteiger partial charge on any atom is -0.341 e. The number of amides is 6. The van der Waals surface area contributed by atoms with Crippen LogP contribution in [0.5, 0.6) is 0 Å². The number of para-hydroxylation sites is 1. The van der Waals surface area contributed by atoms with E-state index in [-0.39, 0.29) is 25.4 Å². The summed E-state index contributed by atoms with van der Waals surface area (Å²) >= 11 is 1.56. The fourth-order valence-electron chi connectivity index (χ4n) is 6.05. The highest BCUT2D eigenvalue weighted by molar-refractivity contribution is 8.01. The predicted octanol–water partition coefficient (Wildman–Crippen LogP) is 4.12. The lowest BCUT2D eigenvalue weighted by Gasteiger charge is -2.44. The van der Waals surface area contributed by atoms with Gasteiger partial charge in [0.15, 0.2) is 0 Å². The van der Waals surface area contributed by atoms with Gasteiger partial charge in [-0.1, -0.05) is 109 Å². The van der Waals surface area contributed by atoms with Crippen molar-refractivity contribution in [1.82, 2.24) is 20.4 Å². The van der Waals surface area contributed by atoms with Gasteiger partial charge in [0, 0.05) is 25.3 Å². The Hall–Kier alpha value is -5.42. The largest absolute Gasteiger partial charge is 0.341 e. The maximum absolute atomic E-state index is 13.5. The first kappa shape index (κ1) is 32.5. The predicted molar refractivity (Wildman–Crippen MR) is 184 cm³/mol. The second-order valence-corrected chi connectivity index (χ2v) is 12.8. The topological polar surface area (TPSA) is 128 Å². The Kier molecular flexibility index (Phi) is 9.58. The van der Waals surface area contributed by atoms with Crippen molar-refractivity contribution >= 4 is 47.1 Å². The van der Waals surface area contributed by atoms with E-state index in [0.717, 1.165) is 21.6 Å². The Bertz CT molecular complexity index is 1730. The minimum absolute atomic E-state index is 0.0686. The van der Waals surface area contributed by atoms with Crippen LogP contribution in [0.2, 0.25) is 0 Å². The van der Waals surface area contributed by atoms with Crippen LogP contribution < -0.4 is 16.0 Å². The first-order chi connectivity index (χ1) is 23.3. The van der Waals surface area contributed by atoms with E-state index in [1.165, 1.54) is 4.90 Å². The number of rotatable bonds is 10. The van der Waals surface area contributed by atoms with Gasteiger partial charge in [-0.05, 0) is 35.2 Å². The van der Waals surface area contributed by atoms with E-state index in [1.807, 2.05) is 54.6 Å². The number of carbonyl (C=O) groups excluding carboxylic acids is 5.